The van der Waals surface area contributed by atoms with Crippen LogP contribution in [0.3, 0.4) is 0 Å². The van der Waals surface area contributed by atoms with E-state index in [1.807, 2.05) is 13.0 Å². The predicted octanol–water partition coefficient (Wildman–Crippen LogP) is 1.73. The zero-order valence-electron chi connectivity index (χ0n) is 10.1. The van der Waals surface area contributed by atoms with Crippen LogP contribution in [0.4, 0.5) is 4.79 Å². The molecule has 0 spiro atoms. The van der Waals surface area contributed by atoms with Crippen molar-refractivity contribution in [2.24, 2.45) is 0 Å². The first kappa shape index (κ1) is 12.4. The van der Waals surface area contributed by atoms with Crippen molar-refractivity contribution in [2.75, 3.05) is 13.2 Å². The monoisotopic (exact) mass is 249 g/mol. The van der Waals surface area contributed by atoms with Gasteiger partial charge in [0.15, 0.2) is 0 Å². The summed E-state index contributed by atoms with van der Waals surface area (Å²) in [5, 5.41) is 2.69. The van der Waals surface area contributed by atoms with Crippen molar-refractivity contribution in [1.82, 2.24) is 5.32 Å². The molecule has 1 aliphatic rings. The molecule has 96 valence electrons. The topological polar surface area (TPSA) is 64.6 Å². The number of alkyl carbamates (subject to hydrolysis) is 1. The van der Waals surface area contributed by atoms with Gasteiger partial charge < -0.3 is 14.8 Å². The molecule has 1 fully saturated rings. The standard InChI is InChI=1S/C13H15NO4/c1-2-13(9-18-12(16)14-13)8-17-11(15)10-6-4-3-5-7-10/h3-7H,2,8-9H2,1H3,(H,14,16)/t13-/m0/s1. The lowest BCUT2D eigenvalue weighted by Crippen LogP contribution is -2.47. The zero-order chi connectivity index (χ0) is 13.0. The van der Waals surface area contributed by atoms with Crippen LogP contribution in [0.2, 0.25) is 0 Å². The lowest BCUT2D eigenvalue weighted by Gasteiger charge is -2.24. The molecule has 0 radical (unpaired) electrons. The average Bonchev–Trinajstić information content (AvgIpc) is 2.79. The number of ether oxygens (including phenoxy) is 2. The summed E-state index contributed by atoms with van der Waals surface area (Å²) in [5.41, 5.74) is -0.101. The Labute approximate surface area is 105 Å². The lowest BCUT2D eigenvalue weighted by atomic mass is 10.00. The van der Waals surface area contributed by atoms with Gasteiger partial charge in [-0.2, -0.15) is 0 Å². The number of rotatable bonds is 4. The largest absolute Gasteiger partial charge is 0.459 e. The molecule has 1 aromatic carbocycles. The summed E-state index contributed by atoms with van der Waals surface area (Å²) in [6.07, 6.45) is 0.175. The first-order valence-electron chi connectivity index (χ1n) is 5.82. The number of esters is 1. The second-order valence-electron chi connectivity index (χ2n) is 4.28. The van der Waals surface area contributed by atoms with E-state index >= 15 is 0 Å². The van der Waals surface area contributed by atoms with Crippen LogP contribution in [0, 0.1) is 0 Å². The first-order valence-corrected chi connectivity index (χ1v) is 5.82. The minimum Gasteiger partial charge on any atom is -0.459 e. The second kappa shape index (κ2) is 5.08. The van der Waals surface area contributed by atoms with E-state index in [1.54, 1.807) is 24.3 Å². The Morgan fingerprint density at radius 2 is 2.17 bits per heavy atom. The smallest absolute Gasteiger partial charge is 0.407 e. The number of nitrogens with one attached hydrogen (secondary N) is 1. The minimum atomic E-state index is -0.596. The maximum Gasteiger partial charge on any atom is 0.407 e. The zero-order valence-corrected chi connectivity index (χ0v) is 10.1. The van der Waals surface area contributed by atoms with Gasteiger partial charge in [0.1, 0.15) is 18.8 Å². The van der Waals surface area contributed by atoms with E-state index in [0.717, 1.165) is 0 Å². The highest BCUT2D eigenvalue weighted by Crippen LogP contribution is 2.18. The highest BCUT2D eigenvalue weighted by atomic mass is 16.6. The number of carbonyl (C=O) groups is 2. The quantitative estimate of drug-likeness (QED) is 0.825. The van der Waals surface area contributed by atoms with Crippen molar-refractivity contribution in [3.05, 3.63) is 35.9 Å². The Kier molecular flexibility index (Phi) is 3.50. The Bertz CT molecular complexity index is 446. The number of hydrogen-bond acceptors (Lipinski definition) is 4. The maximum absolute atomic E-state index is 11.8. The number of carbonyl (C=O) groups excluding carboxylic acids is 2. The molecule has 1 N–H and O–H groups in total. The van der Waals surface area contributed by atoms with Crippen molar-refractivity contribution >= 4 is 12.1 Å². The van der Waals surface area contributed by atoms with Crippen LogP contribution in [0.1, 0.15) is 23.7 Å². The summed E-state index contributed by atoms with van der Waals surface area (Å²) in [4.78, 5) is 22.8. The molecule has 1 aliphatic heterocycles. The van der Waals surface area contributed by atoms with Crippen LogP contribution in [0.15, 0.2) is 30.3 Å². The fourth-order valence-corrected chi connectivity index (χ4v) is 1.72. The molecule has 1 aromatic rings. The van der Waals surface area contributed by atoms with E-state index in [9.17, 15) is 9.59 Å². The van der Waals surface area contributed by atoms with E-state index < -0.39 is 17.6 Å². The van der Waals surface area contributed by atoms with Crippen LogP contribution >= 0.6 is 0 Å². The van der Waals surface area contributed by atoms with Crippen molar-refractivity contribution in [1.29, 1.82) is 0 Å². The van der Waals surface area contributed by atoms with Crippen LogP contribution in [-0.4, -0.2) is 30.8 Å². The van der Waals surface area contributed by atoms with Gasteiger partial charge in [-0.3, -0.25) is 0 Å². The molecular weight excluding hydrogens is 234 g/mol. The molecule has 0 saturated carbocycles. The van der Waals surface area contributed by atoms with Crippen LogP contribution < -0.4 is 5.32 Å². The number of cyclic esters (lactones) is 1. The van der Waals surface area contributed by atoms with E-state index in [1.165, 1.54) is 0 Å². The molecule has 5 heteroatoms. The van der Waals surface area contributed by atoms with Crippen molar-refractivity contribution in [2.45, 2.75) is 18.9 Å². The van der Waals surface area contributed by atoms with Gasteiger partial charge in [0.05, 0.1) is 5.56 Å². The highest BCUT2D eigenvalue weighted by Gasteiger charge is 2.39. The predicted molar refractivity (Wildman–Crippen MR) is 64.2 cm³/mol. The normalized spacial score (nSPS) is 22.2. The molecule has 0 unspecified atom stereocenters. The molecule has 1 atom stereocenters. The van der Waals surface area contributed by atoms with Gasteiger partial charge in [-0.1, -0.05) is 25.1 Å². The SMILES string of the molecule is CC[C@]1(COC(=O)c2ccccc2)COC(=O)N1. The molecular formula is C13H15NO4. The van der Waals surface area contributed by atoms with Crippen LogP contribution in [-0.2, 0) is 9.47 Å². The van der Waals surface area contributed by atoms with E-state index in [-0.39, 0.29) is 13.2 Å². The van der Waals surface area contributed by atoms with E-state index in [4.69, 9.17) is 9.47 Å². The second-order valence-corrected chi connectivity index (χ2v) is 4.28. The number of hydrogen-bond donors (Lipinski definition) is 1. The van der Waals surface area contributed by atoms with Gasteiger partial charge in [-0.25, -0.2) is 9.59 Å². The lowest BCUT2D eigenvalue weighted by molar-refractivity contribution is 0.0365. The molecule has 2 rings (SSSR count). The summed E-state index contributed by atoms with van der Waals surface area (Å²) in [5.74, 6) is -0.399. The summed E-state index contributed by atoms with van der Waals surface area (Å²) in [6, 6.07) is 8.74. The third kappa shape index (κ3) is 2.61. The molecule has 0 aliphatic carbocycles. The van der Waals surface area contributed by atoms with Gasteiger partial charge >= 0.3 is 12.1 Å². The molecule has 5 nitrogen and oxygen atoms in total. The third-order valence-corrected chi connectivity index (χ3v) is 3.01. The van der Waals surface area contributed by atoms with Gasteiger partial charge in [0.2, 0.25) is 0 Å². The molecule has 1 heterocycles. The fourth-order valence-electron chi connectivity index (χ4n) is 1.72. The third-order valence-electron chi connectivity index (χ3n) is 3.01. The van der Waals surface area contributed by atoms with Crippen molar-refractivity contribution in [3.8, 4) is 0 Å². The molecule has 1 amide bonds. The van der Waals surface area contributed by atoms with Gasteiger partial charge in [-0.15, -0.1) is 0 Å². The van der Waals surface area contributed by atoms with Gasteiger partial charge in [0, 0.05) is 0 Å². The van der Waals surface area contributed by atoms with Gasteiger partial charge in [0.25, 0.3) is 0 Å². The molecule has 18 heavy (non-hydrogen) atoms. The summed E-state index contributed by atoms with van der Waals surface area (Å²) >= 11 is 0. The average molecular weight is 249 g/mol. The van der Waals surface area contributed by atoms with Crippen molar-refractivity contribution in [3.63, 3.8) is 0 Å². The Morgan fingerprint density at radius 3 is 2.72 bits per heavy atom. The molecule has 0 aromatic heterocycles. The van der Waals surface area contributed by atoms with E-state index in [2.05, 4.69) is 5.32 Å². The highest BCUT2D eigenvalue weighted by molar-refractivity contribution is 5.89. The Hall–Kier alpha value is -2.04. The maximum atomic E-state index is 11.8. The summed E-state index contributed by atoms with van der Waals surface area (Å²) in [7, 11) is 0. The van der Waals surface area contributed by atoms with Crippen LogP contribution in [0.25, 0.3) is 0 Å². The Morgan fingerprint density at radius 1 is 1.44 bits per heavy atom. The molecule has 1 saturated heterocycles. The Balaban J connectivity index is 1.95. The summed E-state index contributed by atoms with van der Waals surface area (Å²) < 4.78 is 10.1. The first-order chi connectivity index (χ1) is 8.65. The number of benzene rings is 1. The van der Waals surface area contributed by atoms with Gasteiger partial charge in [-0.05, 0) is 18.6 Å². The fraction of sp³-hybridized carbons (Fsp3) is 0.385. The molecule has 0 bridgehead atoms. The summed E-state index contributed by atoms with van der Waals surface area (Å²) in [6.45, 7) is 2.25. The number of amides is 1. The minimum absolute atomic E-state index is 0.114. The van der Waals surface area contributed by atoms with Crippen molar-refractivity contribution < 1.29 is 19.1 Å². The van der Waals surface area contributed by atoms with E-state index in [0.29, 0.717) is 12.0 Å². The van der Waals surface area contributed by atoms with Crippen LogP contribution in [0.5, 0.6) is 0 Å².